The lowest BCUT2D eigenvalue weighted by atomic mass is 10.2. The van der Waals surface area contributed by atoms with Gasteiger partial charge in [-0.1, -0.05) is 6.92 Å². The van der Waals surface area contributed by atoms with Crippen LogP contribution >= 0.6 is 0 Å². The fourth-order valence-electron chi connectivity index (χ4n) is 1.51. The quantitative estimate of drug-likeness (QED) is 0.703. The zero-order valence-electron chi connectivity index (χ0n) is 10.9. The first-order chi connectivity index (χ1) is 8.26. The van der Waals surface area contributed by atoms with Gasteiger partial charge in [-0.25, -0.2) is 4.98 Å². The standard InChI is InChI=1S/C13H22N2O2/c1-4-6-14-9-12-5-7-15-13(8-12)17-11(2)10-16-3/h5,7-8,11,14H,4,6,9-10H2,1-3H3. The molecule has 1 atom stereocenters. The fourth-order valence-corrected chi connectivity index (χ4v) is 1.51. The van der Waals surface area contributed by atoms with Crippen molar-refractivity contribution >= 4 is 0 Å². The minimum atomic E-state index is 0.0198. The van der Waals surface area contributed by atoms with Crippen molar-refractivity contribution in [3.05, 3.63) is 23.9 Å². The number of ether oxygens (including phenoxy) is 2. The van der Waals surface area contributed by atoms with E-state index in [1.165, 1.54) is 5.56 Å². The third kappa shape index (κ3) is 5.65. The molecule has 0 amide bonds. The second kappa shape index (κ2) is 8.03. The van der Waals surface area contributed by atoms with Crippen LogP contribution in [0, 0.1) is 0 Å². The molecule has 1 aromatic heterocycles. The Morgan fingerprint density at radius 3 is 3.00 bits per heavy atom. The molecular formula is C13H22N2O2. The number of rotatable bonds is 8. The van der Waals surface area contributed by atoms with Gasteiger partial charge in [-0.05, 0) is 31.5 Å². The summed E-state index contributed by atoms with van der Waals surface area (Å²) in [5.41, 5.74) is 1.19. The molecule has 1 rings (SSSR count). The van der Waals surface area contributed by atoms with E-state index in [0.29, 0.717) is 12.5 Å². The molecule has 0 aliphatic carbocycles. The summed E-state index contributed by atoms with van der Waals surface area (Å²) in [7, 11) is 1.67. The van der Waals surface area contributed by atoms with Gasteiger partial charge in [-0.15, -0.1) is 0 Å². The van der Waals surface area contributed by atoms with Crippen molar-refractivity contribution in [3.63, 3.8) is 0 Å². The maximum absolute atomic E-state index is 5.64. The summed E-state index contributed by atoms with van der Waals surface area (Å²) in [4.78, 5) is 4.18. The molecule has 4 nitrogen and oxygen atoms in total. The van der Waals surface area contributed by atoms with Crippen LogP contribution in [0.4, 0.5) is 0 Å². The van der Waals surface area contributed by atoms with Gasteiger partial charge in [0.2, 0.25) is 5.88 Å². The van der Waals surface area contributed by atoms with Crippen molar-refractivity contribution in [2.24, 2.45) is 0 Å². The summed E-state index contributed by atoms with van der Waals surface area (Å²) < 4.78 is 10.7. The summed E-state index contributed by atoms with van der Waals surface area (Å²) >= 11 is 0. The Kier molecular flexibility index (Phi) is 6.58. The Morgan fingerprint density at radius 1 is 1.47 bits per heavy atom. The largest absolute Gasteiger partial charge is 0.472 e. The zero-order chi connectivity index (χ0) is 12.5. The summed E-state index contributed by atoms with van der Waals surface area (Å²) in [6, 6.07) is 3.96. The highest BCUT2D eigenvalue weighted by atomic mass is 16.5. The Balaban J connectivity index is 2.47. The third-order valence-electron chi connectivity index (χ3n) is 2.28. The van der Waals surface area contributed by atoms with E-state index < -0.39 is 0 Å². The average Bonchev–Trinajstić information content (AvgIpc) is 2.30. The first-order valence-corrected chi connectivity index (χ1v) is 6.07. The SMILES string of the molecule is CCCNCc1ccnc(OC(C)COC)c1. The lowest BCUT2D eigenvalue weighted by Gasteiger charge is -2.13. The Hall–Kier alpha value is -1.13. The van der Waals surface area contributed by atoms with Crippen molar-refractivity contribution in [2.75, 3.05) is 20.3 Å². The number of hydrogen-bond acceptors (Lipinski definition) is 4. The first kappa shape index (κ1) is 13.9. The molecule has 0 aromatic carbocycles. The van der Waals surface area contributed by atoms with Crippen LogP contribution in [0.1, 0.15) is 25.8 Å². The van der Waals surface area contributed by atoms with Gasteiger partial charge in [0.15, 0.2) is 0 Å². The monoisotopic (exact) mass is 238 g/mol. The zero-order valence-corrected chi connectivity index (χ0v) is 10.9. The van der Waals surface area contributed by atoms with E-state index in [0.717, 1.165) is 19.5 Å². The summed E-state index contributed by atoms with van der Waals surface area (Å²) in [6.45, 7) is 6.57. The van der Waals surface area contributed by atoms with E-state index in [2.05, 4.69) is 17.2 Å². The maximum atomic E-state index is 5.64. The molecule has 1 unspecified atom stereocenters. The molecule has 0 aliphatic rings. The fraction of sp³-hybridized carbons (Fsp3) is 0.615. The van der Waals surface area contributed by atoms with E-state index in [1.54, 1.807) is 13.3 Å². The topological polar surface area (TPSA) is 43.4 Å². The first-order valence-electron chi connectivity index (χ1n) is 6.07. The number of nitrogens with zero attached hydrogens (tertiary/aromatic N) is 1. The van der Waals surface area contributed by atoms with Crippen molar-refractivity contribution in [1.29, 1.82) is 0 Å². The Morgan fingerprint density at radius 2 is 2.29 bits per heavy atom. The minimum Gasteiger partial charge on any atom is -0.472 e. The highest BCUT2D eigenvalue weighted by molar-refractivity contribution is 5.20. The second-order valence-corrected chi connectivity index (χ2v) is 4.06. The van der Waals surface area contributed by atoms with Gasteiger partial charge < -0.3 is 14.8 Å². The molecule has 0 aliphatic heterocycles. The maximum Gasteiger partial charge on any atom is 0.213 e. The molecule has 4 heteroatoms. The molecule has 17 heavy (non-hydrogen) atoms. The lowest BCUT2D eigenvalue weighted by Crippen LogP contribution is -2.19. The van der Waals surface area contributed by atoms with Crippen LogP contribution < -0.4 is 10.1 Å². The van der Waals surface area contributed by atoms with E-state index >= 15 is 0 Å². The molecule has 96 valence electrons. The number of nitrogens with one attached hydrogen (secondary N) is 1. The molecule has 0 fully saturated rings. The molecular weight excluding hydrogens is 216 g/mol. The van der Waals surface area contributed by atoms with E-state index in [1.807, 2.05) is 19.1 Å². The van der Waals surface area contributed by atoms with Gasteiger partial charge in [0.25, 0.3) is 0 Å². The van der Waals surface area contributed by atoms with Crippen LogP contribution in [-0.2, 0) is 11.3 Å². The van der Waals surface area contributed by atoms with Crippen molar-refractivity contribution in [3.8, 4) is 5.88 Å². The predicted molar refractivity (Wildman–Crippen MR) is 68.2 cm³/mol. The van der Waals surface area contributed by atoms with Gasteiger partial charge in [0, 0.05) is 25.9 Å². The predicted octanol–water partition coefficient (Wildman–Crippen LogP) is 1.99. The van der Waals surface area contributed by atoms with Crippen LogP contribution in [-0.4, -0.2) is 31.3 Å². The Labute approximate surface area is 103 Å². The molecule has 1 N–H and O–H groups in total. The summed E-state index contributed by atoms with van der Waals surface area (Å²) in [6.07, 6.45) is 2.93. The third-order valence-corrected chi connectivity index (χ3v) is 2.28. The normalized spacial score (nSPS) is 12.4. The van der Waals surface area contributed by atoms with Crippen LogP contribution in [0.15, 0.2) is 18.3 Å². The molecule has 1 heterocycles. The van der Waals surface area contributed by atoms with Crippen LogP contribution in [0.5, 0.6) is 5.88 Å². The van der Waals surface area contributed by atoms with E-state index in [4.69, 9.17) is 9.47 Å². The number of methoxy groups -OCH3 is 1. The van der Waals surface area contributed by atoms with Gasteiger partial charge >= 0.3 is 0 Å². The van der Waals surface area contributed by atoms with Gasteiger partial charge in [0.1, 0.15) is 6.10 Å². The number of pyridine rings is 1. The van der Waals surface area contributed by atoms with Crippen molar-refractivity contribution in [2.45, 2.75) is 32.9 Å². The van der Waals surface area contributed by atoms with E-state index in [9.17, 15) is 0 Å². The van der Waals surface area contributed by atoms with Gasteiger partial charge in [0.05, 0.1) is 6.61 Å². The van der Waals surface area contributed by atoms with Crippen molar-refractivity contribution in [1.82, 2.24) is 10.3 Å². The van der Waals surface area contributed by atoms with Crippen molar-refractivity contribution < 1.29 is 9.47 Å². The van der Waals surface area contributed by atoms with Crippen LogP contribution in [0.3, 0.4) is 0 Å². The highest BCUT2D eigenvalue weighted by Crippen LogP contribution is 2.11. The molecule has 0 bridgehead atoms. The molecule has 0 saturated heterocycles. The van der Waals surface area contributed by atoms with Crippen LogP contribution in [0.2, 0.25) is 0 Å². The molecule has 0 radical (unpaired) electrons. The van der Waals surface area contributed by atoms with E-state index in [-0.39, 0.29) is 6.10 Å². The number of hydrogen-bond donors (Lipinski definition) is 1. The highest BCUT2D eigenvalue weighted by Gasteiger charge is 2.04. The lowest BCUT2D eigenvalue weighted by molar-refractivity contribution is 0.0889. The van der Waals surface area contributed by atoms with Crippen LogP contribution in [0.25, 0.3) is 0 Å². The Bertz CT molecular complexity index is 318. The molecule has 0 spiro atoms. The number of aromatic nitrogens is 1. The van der Waals surface area contributed by atoms with Gasteiger partial charge in [-0.3, -0.25) is 0 Å². The second-order valence-electron chi connectivity index (χ2n) is 4.06. The summed E-state index contributed by atoms with van der Waals surface area (Å²) in [5, 5.41) is 3.35. The smallest absolute Gasteiger partial charge is 0.213 e. The summed E-state index contributed by atoms with van der Waals surface area (Å²) in [5.74, 6) is 0.658. The molecule has 0 saturated carbocycles. The van der Waals surface area contributed by atoms with Gasteiger partial charge in [-0.2, -0.15) is 0 Å². The average molecular weight is 238 g/mol. The minimum absolute atomic E-state index is 0.0198. The molecule has 1 aromatic rings.